The van der Waals surface area contributed by atoms with Crippen molar-refractivity contribution >= 4 is 0 Å². The van der Waals surface area contributed by atoms with Crippen molar-refractivity contribution in [3.63, 3.8) is 0 Å². The number of hydrogen-bond acceptors (Lipinski definition) is 10. The number of rotatable bonds is 2. The topological polar surface area (TPSA) is 158 Å². The Morgan fingerprint density at radius 2 is 1.09 bits per heavy atom. The maximum absolute atomic E-state index is 10.0. The molecular formula is C12H20O10. The molecule has 0 aromatic carbocycles. The van der Waals surface area contributed by atoms with Crippen LogP contribution in [-0.4, -0.2) is 105 Å². The maximum Gasteiger partial charge on any atom is 0.222 e. The molecule has 0 aliphatic carbocycles. The van der Waals surface area contributed by atoms with Crippen molar-refractivity contribution in [2.45, 2.75) is 48.2 Å². The summed E-state index contributed by atoms with van der Waals surface area (Å²) in [5, 5.41) is 57.8. The summed E-state index contributed by atoms with van der Waals surface area (Å²) in [6.45, 7) is -1.83. The summed E-state index contributed by atoms with van der Waals surface area (Å²) in [7, 11) is 0. The molecule has 0 bridgehead atoms. The van der Waals surface area contributed by atoms with Crippen molar-refractivity contribution in [3.05, 3.63) is 0 Å². The number of aliphatic hydroxyl groups excluding tert-OH is 6. The summed E-state index contributed by atoms with van der Waals surface area (Å²) in [6, 6.07) is 0. The highest BCUT2D eigenvalue weighted by atomic mass is 16.8. The third kappa shape index (κ3) is 2.19. The third-order valence-corrected chi connectivity index (χ3v) is 4.41. The van der Waals surface area contributed by atoms with E-state index in [0.717, 1.165) is 0 Å². The van der Waals surface area contributed by atoms with Gasteiger partial charge in [0, 0.05) is 0 Å². The van der Waals surface area contributed by atoms with Crippen LogP contribution >= 0.6 is 0 Å². The summed E-state index contributed by atoms with van der Waals surface area (Å²) in [5.74, 6) is -3.38. The molecule has 10 heteroatoms. The fraction of sp³-hybridized carbons (Fsp3) is 1.00. The molecule has 0 unspecified atom stereocenters. The SMILES string of the molecule is OC[C@H]1O[C@]2(CO[C@]3(CO2)O[C@H](CO)[C@@H](O)[C@@H]3O)[C@@H](O)[C@@H]1O. The summed E-state index contributed by atoms with van der Waals surface area (Å²) < 4.78 is 21.6. The zero-order chi connectivity index (χ0) is 16.1. The minimum absolute atomic E-state index is 0.399. The molecule has 8 atom stereocenters. The lowest BCUT2D eigenvalue weighted by Crippen LogP contribution is -2.62. The molecule has 6 N–H and O–H groups in total. The Kier molecular flexibility index (Phi) is 4.19. The van der Waals surface area contributed by atoms with E-state index in [9.17, 15) is 20.4 Å². The van der Waals surface area contributed by atoms with Gasteiger partial charge in [-0.1, -0.05) is 0 Å². The Hall–Kier alpha value is -0.400. The zero-order valence-electron chi connectivity index (χ0n) is 11.6. The summed E-state index contributed by atoms with van der Waals surface area (Å²) >= 11 is 0. The van der Waals surface area contributed by atoms with Crippen LogP contribution in [0.2, 0.25) is 0 Å². The quantitative estimate of drug-likeness (QED) is 0.293. The fourth-order valence-electron chi connectivity index (χ4n) is 3.02. The van der Waals surface area contributed by atoms with E-state index in [1.54, 1.807) is 0 Å². The lowest BCUT2D eigenvalue weighted by molar-refractivity contribution is -0.401. The first-order valence-corrected chi connectivity index (χ1v) is 6.96. The van der Waals surface area contributed by atoms with Crippen LogP contribution in [0.4, 0.5) is 0 Å². The molecule has 3 aliphatic heterocycles. The van der Waals surface area contributed by atoms with E-state index < -0.39 is 74.6 Å². The molecule has 3 heterocycles. The Balaban J connectivity index is 1.73. The largest absolute Gasteiger partial charge is 0.394 e. The first-order valence-electron chi connectivity index (χ1n) is 6.96. The molecule has 3 fully saturated rings. The minimum atomic E-state index is -1.69. The van der Waals surface area contributed by atoms with Gasteiger partial charge in [0.25, 0.3) is 0 Å². The van der Waals surface area contributed by atoms with Crippen LogP contribution < -0.4 is 0 Å². The fourth-order valence-corrected chi connectivity index (χ4v) is 3.02. The molecule has 128 valence electrons. The van der Waals surface area contributed by atoms with Crippen LogP contribution in [0.15, 0.2) is 0 Å². The van der Waals surface area contributed by atoms with Crippen molar-refractivity contribution in [2.75, 3.05) is 26.4 Å². The highest BCUT2D eigenvalue weighted by molar-refractivity contribution is 5.03. The lowest BCUT2D eigenvalue weighted by atomic mass is 10.0. The number of aliphatic hydroxyl groups is 6. The summed E-state index contributed by atoms with van der Waals surface area (Å²) in [6.07, 6.45) is -7.69. The molecule has 0 amide bonds. The van der Waals surface area contributed by atoms with Crippen LogP contribution in [0.5, 0.6) is 0 Å². The van der Waals surface area contributed by atoms with Crippen LogP contribution in [0.1, 0.15) is 0 Å². The number of ether oxygens (including phenoxy) is 4. The molecule has 3 rings (SSSR count). The van der Waals surface area contributed by atoms with E-state index >= 15 is 0 Å². The molecule has 3 aliphatic rings. The van der Waals surface area contributed by atoms with Gasteiger partial charge in [0.05, 0.1) is 13.2 Å². The lowest BCUT2D eigenvalue weighted by Gasteiger charge is -2.44. The van der Waals surface area contributed by atoms with E-state index in [-0.39, 0.29) is 0 Å². The van der Waals surface area contributed by atoms with Crippen molar-refractivity contribution in [2.24, 2.45) is 0 Å². The minimum Gasteiger partial charge on any atom is -0.394 e. The molecule has 2 spiro atoms. The standard InChI is InChI=1S/C12H20O10/c13-1-5-7(15)9(17)11(21-5)3-20-12(4-19-11)10(18)8(16)6(2-14)22-12/h5-10,13-18H,1-4H2/t5-,6-,7-,8-,9+,10+,11-,12-/m1/s1. The predicted molar refractivity (Wildman–Crippen MR) is 65.3 cm³/mol. The van der Waals surface area contributed by atoms with Gasteiger partial charge in [-0.15, -0.1) is 0 Å². The average Bonchev–Trinajstić information content (AvgIpc) is 2.91. The highest BCUT2D eigenvalue weighted by Gasteiger charge is 2.64. The van der Waals surface area contributed by atoms with Gasteiger partial charge in [0.1, 0.15) is 49.8 Å². The van der Waals surface area contributed by atoms with Gasteiger partial charge >= 0.3 is 0 Å². The highest BCUT2D eigenvalue weighted by Crippen LogP contribution is 2.42. The molecule has 0 radical (unpaired) electrons. The van der Waals surface area contributed by atoms with E-state index in [0.29, 0.717) is 0 Å². The van der Waals surface area contributed by atoms with Crippen molar-refractivity contribution in [1.29, 1.82) is 0 Å². The van der Waals surface area contributed by atoms with E-state index in [1.807, 2.05) is 0 Å². The van der Waals surface area contributed by atoms with Crippen molar-refractivity contribution in [3.8, 4) is 0 Å². The van der Waals surface area contributed by atoms with Gasteiger partial charge < -0.3 is 49.6 Å². The smallest absolute Gasteiger partial charge is 0.222 e. The van der Waals surface area contributed by atoms with E-state index in [2.05, 4.69) is 0 Å². The van der Waals surface area contributed by atoms with Gasteiger partial charge in [-0.25, -0.2) is 0 Å². The third-order valence-electron chi connectivity index (χ3n) is 4.41. The van der Waals surface area contributed by atoms with E-state index in [4.69, 9.17) is 29.2 Å². The molecule has 0 aromatic heterocycles. The average molecular weight is 324 g/mol. The molecule has 10 nitrogen and oxygen atoms in total. The van der Waals surface area contributed by atoms with Crippen molar-refractivity contribution in [1.82, 2.24) is 0 Å². The van der Waals surface area contributed by atoms with Gasteiger partial charge in [0.15, 0.2) is 0 Å². The first-order chi connectivity index (χ1) is 10.4. The zero-order valence-corrected chi connectivity index (χ0v) is 11.6. The number of hydrogen-bond donors (Lipinski definition) is 6. The van der Waals surface area contributed by atoms with Crippen LogP contribution in [0.3, 0.4) is 0 Å². The normalized spacial score (nSPS) is 55.4. The van der Waals surface area contributed by atoms with Gasteiger partial charge in [-0.3, -0.25) is 0 Å². The Morgan fingerprint density at radius 1 is 0.727 bits per heavy atom. The maximum atomic E-state index is 10.0. The van der Waals surface area contributed by atoms with E-state index in [1.165, 1.54) is 0 Å². The monoisotopic (exact) mass is 324 g/mol. The molecule has 0 saturated carbocycles. The molecule has 22 heavy (non-hydrogen) atoms. The second kappa shape index (κ2) is 5.60. The second-order valence-corrected chi connectivity index (χ2v) is 5.75. The summed E-state index contributed by atoms with van der Waals surface area (Å²) in [5.41, 5.74) is 0. The van der Waals surface area contributed by atoms with Gasteiger partial charge in [0.2, 0.25) is 11.6 Å². The Morgan fingerprint density at radius 3 is 1.32 bits per heavy atom. The Labute approximate surface area is 125 Å². The van der Waals surface area contributed by atoms with Crippen molar-refractivity contribution < 1.29 is 49.6 Å². The Bertz CT molecular complexity index is 371. The van der Waals surface area contributed by atoms with Gasteiger partial charge in [-0.2, -0.15) is 0 Å². The van der Waals surface area contributed by atoms with Crippen LogP contribution in [0, 0.1) is 0 Å². The first kappa shape index (κ1) is 16.5. The van der Waals surface area contributed by atoms with Crippen LogP contribution in [-0.2, 0) is 18.9 Å². The van der Waals surface area contributed by atoms with Gasteiger partial charge in [-0.05, 0) is 0 Å². The predicted octanol–water partition coefficient (Wildman–Crippen LogP) is -4.35. The van der Waals surface area contributed by atoms with Crippen LogP contribution in [0.25, 0.3) is 0 Å². The summed E-state index contributed by atoms with van der Waals surface area (Å²) in [4.78, 5) is 0. The second-order valence-electron chi connectivity index (χ2n) is 5.75. The molecular weight excluding hydrogens is 304 g/mol. The molecule has 3 saturated heterocycles. The molecule has 0 aromatic rings.